The van der Waals surface area contributed by atoms with E-state index in [1.807, 2.05) is 12.3 Å². The molecule has 2 aliphatic rings. The summed E-state index contributed by atoms with van der Waals surface area (Å²) in [7, 11) is 0. The molecule has 0 bridgehead atoms. The first-order valence-electron chi connectivity index (χ1n) is 8.03. The molecule has 5 heteroatoms. The molecule has 2 aromatic rings. The fourth-order valence-corrected chi connectivity index (χ4v) is 3.76. The molecule has 0 N–H and O–H groups in total. The van der Waals surface area contributed by atoms with E-state index < -0.39 is 0 Å². The highest BCUT2D eigenvalue weighted by Gasteiger charge is 2.32. The molecule has 4 rings (SSSR count). The largest absolute Gasteiger partial charge is 0.379 e. The summed E-state index contributed by atoms with van der Waals surface area (Å²) in [4.78, 5) is 12.1. The van der Waals surface area contributed by atoms with Gasteiger partial charge in [0, 0.05) is 12.8 Å². The quantitative estimate of drug-likeness (QED) is 0.869. The van der Waals surface area contributed by atoms with Gasteiger partial charge in [0.05, 0.1) is 18.7 Å². The van der Waals surface area contributed by atoms with Crippen molar-refractivity contribution in [3.63, 3.8) is 0 Å². The standard InChI is InChI=1S/C16H22N4O/c1-2-19-9-4-6-14(19)16-18-13-5-3-8-17-15(13)20(16)12-7-10-21-11-12/h3,5,8,12,14H,2,4,6-7,9-11H2,1H3. The summed E-state index contributed by atoms with van der Waals surface area (Å²) in [6.45, 7) is 6.14. The number of likely N-dealkylation sites (tertiary alicyclic amines) is 1. The first kappa shape index (κ1) is 13.2. The zero-order valence-electron chi connectivity index (χ0n) is 12.5. The van der Waals surface area contributed by atoms with Gasteiger partial charge in [0.2, 0.25) is 0 Å². The zero-order valence-corrected chi connectivity index (χ0v) is 12.5. The van der Waals surface area contributed by atoms with Crippen LogP contribution in [0.5, 0.6) is 0 Å². The monoisotopic (exact) mass is 286 g/mol. The van der Waals surface area contributed by atoms with Crippen LogP contribution >= 0.6 is 0 Å². The van der Waals surface area contributed by atoms with Gasteiger partial charge in [-0.1, -0.05) is 6.92 Å². The highest BCUT2D eigenvalue weighted by atomic mass is 16.5. The molecule has 2 saturated heterocycles. The van der Waals surface area contributed by atoms with Crippen molar-refractivity contribution in [2.24, 2.45) is 0 Å². The van der Waals surface area contributed by atoms with Gasteiger partial charge >= 0.3 is 0 Å². The third-order valence-corrected chi connectivity index (χ3v) is 4.81. The Hall–Kier alpha value is -1.46. The zero-order chi connectivity index (χ0) is 14.2. The van der Waals surface area contributed by atoms with E-state index in [4.69, 9.17) is 9.72 Å². The minimum absolute atomic E-state index is 0.388. The molecule has 21 heavy (non-hydrogen) atoms. The maximum Gasteiger partial charge on any atom is 0.160 e. The van der Waals surface area contributed by atoms with Crippen molar-refractivity contribution in [2.45, 2.75) is 38.3 Å². The van der Waals surface area contributed by atoms with E-state index in [2.05, 4.69) is 27.4 Å². The fraction of sp³-hybridized carbons (Fsp3) is 0.625. The van der Waals surface area contributed by atoms with Gasteiger partial charge < -0.3 is 9.30 Å². The van der Waals surface area contributed by atoms with Crippen LogP contribution in [0.1, 0.15) is 44.1 Å². The molecule has 0 spiro atoms. The minimum Gasteiger partial charge on any atom is -0.379 e. The van der Waals surface area contributed by atoms with E-state index in [9.17, 15) is 0 Å². The molecule has 4 heterocycles. The van der Waals surface area contributed by atoms with Crippen LogP contribution in [-0.4, -0.2) is 45.7 Å². The molecule has 2 aromatic heterocycles. The Morgan fingerprint density at radius 3 is 3.14 bits per heavy atom. The maximum atomic E-state index is 5.61. The topological polar surface area (TPSA) is 43.2 Å². The lowest BCUT2D eigenvalue weighted by Crippen LogP contribution is -2.26. The summed E-state index contributed by atoms with van der Waals surface area (Å²) in [5.74, 6) is 1.19. The Morgan fingerprint density at radius 1 is 1.38 bits per heavy atom. The van der Waals surface area contributed by atoms with Gasteiger partial charge in [0.25, 0.3) is 0 Å². The van der Waals surface area contributed by atoms with Crippen LogP contribution in [0, 0.1) is 0 Å². The predicted molar refractivity (Wildman–Crippen MR) is 81.2 cm³/mol. The van der Waals surface area contributed by atoms with Crippen molar-refractivity contribution in [3.05, 3.63) is 24.2 Å². The number of fused-ring (bicyclic) bond motifs is 1. The highest BCUT2D eigenvalue weighted by molar-refractivity contribution is 5.71. The Bertz CT molecular complexity index is 632. The van der Waals surface area contributed by atoms with Gasteiger partial charge in [-0.3, -0.25) is 4.90 Å². The predicted octanol–water partition coefficient (Wildman–Crippen LogP) is 2.55. The second kappa shape index (κ2) is 5.39. The molecule has 5 nitrogen and oxygen atoms in total. The van der Waals surface area contributed by atoms with Gasteiger partial charge in [0.15, 0.2) is 5.65 Å². The number of nitrogens with zero attached hydrogens (tertiary/aromatic N) is 4. The van der Waals surface area contributed by atoms with E-state index >= 15 is 0 Å². The Morgan fingerprint density at radius 2 is 2.33 bits per heavy atom. The molecule has 2 unspecified atom stereocenters. The molecule has 0 aromatic carbocycles. The average Bonchev–Trinajstić information content (AvgIpc) is 3.24. The van der Waals surface area contributed by atoms with Gasteiger partial charge in [-0.05, 0) is 44.5 Å². The van der Waals surface area contributed by atoms with Crippen LogP contribution in [-0.2, 0) is 4.74 Å². The lowest BCUT2D eigenvalue weighted by atomic mass is 10.2. The van der Waals surface area contributed by atoms with Crippen LogP contribution in [0.2, 0.25) is 0 Å². The molecule has 2 fully saturated rings. The van der Waals surface area contributed by atoms with Crippen molar-refractivity contribution < 1.29 is 4.74 Å². The number of aromatic nitrogens is 3. The van der Waals surface area contributed by atoms with Crippen LogP contribution in [0.4, 0.5) is 0 Å². The van der Waals surface area contributed by atoms with Crippen molar-refractivity contribution in [1.82, 2.24) is 19.4 Å². The van der Waals surface area contributed by atoms with Gasteiger partial charge in [-0.15, -0.1) is 0 Å². The van der Waals surface area contributed by atoms with Gasteiger partial charge in [-0.25, -0.2) is 9.97 Å². The molecule has 112 valence electrons. The summed E-state index contributed by atoms with van der Waals surface area (Å²) in [5.41, 5.74) is 2.04. The second-order valence-corrected chi connectivity index (χ2v) is 5.99. The first-order valence-corrected chi connectivity index (χ1v) is 8.03. The van der Waals surface area contributed by atoms with Crippen molar-refractivity contribution in [3.8, 4) is 0 Å². The normalized spacial score (nSPS) is 26.9. The third-order valence-electron chi connectivity index (χ3n) is 4.81. The van der Waals surface area contributed by atoms with Crippen LogP contribution < -0.4 is 0 Å². The number of hydrogen-bond donors (Lipinski definition) is 0. The minimum atomic E-state index is 0.388. The van der Waals surface area contributed by atoms with E-state index in [-0.39, 0.29) is 0 Å². The molecule has 0 aliphatic carbocycles. The van der Waals surface area contributed by atoms with Crippen LogP contribution in [0.25, 0.3) is 11.2 Å². The van der Waals surface area contributed by atoms with Gasteiger partial charge in [0.1, 0.15) is 11.3 Å². The smallest absolute Gasteiger partial charge is 0.160 e. The van der Waals surface area contributed by atoms with E-state index in [0.717, 1.165) is 37.3 Å². The summed E-state index contributed by atoms with van der Waals surface area (Å²) in [6, 6.07) is 4.87. The summed E-state index contributed by atoms with van der Waals surface area (Å²) in [5, 5.41) is 0. The van der Waals surface area contributed by atoms with Crippen molar-refractivity contribution in [2.75, 3.05) is 26.3 Å². The summed E-state index contributed by atoms with van der Waals surface area (Å²) >= 11 is 0. The van der Waals surface area contributed by atoms with Crippen molar-refractivity contribution >= 4 is 11.2 Å². The number of hydrogen-bond acceptors (Lipinski definition) is 4. The van der Waals surface area contributed by atoms with Gasteiger partial charge in [-0.2, -0.15) is 0 Å². The third kappa shape index (κ3) is 2.15. The molecule has 2 aliphatic heterocycles. The molecule has 0 amide bonds. The Labute approximate surface area is 124 Å². The number of imidazole rings is 1. The Kier molecular flexibility index (Phi) is 3.39. The first-order chi connectivity index (χ1) is 10.4. The van der Waals surface area contributed by atoms with Crippen LogP contribution in [0.3, 0.4) is 0 Å². The lowest BCUT2D eigenvalue weighted by molar-refractivity contribution is 0.184. The molecule has 0 saturated carbocycles. The number of rotatable bonds is 3. The number of ether oxygens (including phenoxy) is 1. The van der Waals surface area contributed by atoms with Crippen LogP contribution in [0.15, 0.2) is 18.3 Å². The lowest BCUT2D eigenvalue weighted by Gasteiger charge is -2.24. The van der Waals surface area contributed by atoms with E-state index in [0.29, 0.717) is 12.1 Å². The van der Waals surface area contributed by atoms with E-state index in [1.165, 1.54) is 25.2 Å². The second-order valence-electron chi connectivity index (χ2n) is 5.99. The summed E-state index contributed by atoms with van der Waals surface area (Å²) < 4.78 is 7.97. The Balaban J connectivity index is 1.85. The molecular weight excluding hydrogens is 264 g/mol. The number of pyridine rings is 1. The summed E-state index contributed by atoms with van der Waals surface area (Å²) in [6.07, 6.45) is 5.39. The molecule has 0 radical (unpaired) electrons. The maximum absolute atomic E-state index is 5.61. The SMILES string of the molecule is CCN1CCCC1c1nc2cccnc2n1C1CCOC1. The highest BCUT2D eigenvalue weighted by Crippen LogP contribution is 2.35. The average molecular weight is 286 g/mol. The molecular formula is C16H22N4O. The van der Waals surface area contributed by atoms with Crippen molar-refractivity contribution in [1.29, 1.82) is 0 Å². The van der Waals surface area contributed by atoms with E-state index in [1.54, 1.807) is 0 Å². The molecule has 2 atom stereocenters. The fourth-order valence-electron chi connectivity index (χ4n) is 3.76.